The second-order valence-corrected chi connectivity index (χ2v) is 10.0. The van der Waals surface area contributed by atoms with Crippen LogP contribution in [0.25, 0.3) is 27.7 Å². The Balaban J connectivity index is 1.37. The predicted octanol–water partition coefficient (Wildman–Crippen LogP) is 6.07. The maximum atomic E-state index is 13.6. The first kappa shape index (κ1) is 25.5. The molecular formula is C30H25FN2O4S. The number of carbonyl (C=O) groups excluding carboxylic acids is 2. The van der Waals surface area contributed by atoms with Crippen LogP contribution >= 0.6 is 11.8 Å². The second kappa shape index (κ2) is 10.7. The van der Waals surface area contributed by atoms with E-state index in [1.807, 2.05) is 61.0 Å². The minimum atomic E-state index is -0.370. The van der Waals surface area contributed by atoms with E-state index in [0.29, 0.717) is 41.0 Å². The van der Waals surface area contributed by atoms with Gasteiger partial charge in [0.25, 0.3) is 11.1 Å². The van der Waals surface area contributed by atoms with Crippen molar-refractivity contribution < 1.29 is 18.7 Å². The zero-order valence-electron chi connectivity index (χ0n) is 20.9. The summed E-state index contributed by atoms with van der Waals surface area (Å²) in [6.45, 7) is 2.13. The Morgan fingerprint density at radius 3 is 2.50 bits per heavy atom. The third-order valence-corrected chi connectivity index (χ3v) is 7.54. The normalized spacial score (nSPS) is 14.6. The maximum absolute atomic E-state index is 13.6. The first-order chi connectivity index (χ1) is 18.3. The number of carbonyl (C=O) groups is 2. The SMILES string of the molecule is CC(=C1SC(=O)NC1=O)c1cccc(CCCOc2c(-c3ccc(F)cc3)n(C)c3ccccc3c2=O)c1. The molecule has 5 rings (SSSR count). The van der Waals surface area contributed by atoms with E-state index in [9.17, 15) is 18.8 Å². The van der Waals surface area contributed by atoms with Gasteiger partial charge >= 0.3 is 0 Å². The Morgan fingerprint density at radius 1 is 1.00 bits per heavy atom. The molecule has 1 saturated heterocycles. The van der Waals surface area contributed by atoms with Crippen molar-refractivity contribution in [3.8, 4) is 17.0 Å². The molecule has 0 spiro atoms. The number of hydrogen-bond donors (Lipinski definition) is 1. The first-order valence-electron chi connectivity index (χ1n) is 12.2. The van der Waals surface area contributed by atoms with E-state index in [-0.39, 0.29) is 28.1 Å². The summed E-state index contributed by atoms with van der Waals surface area (Å²) in [6, 6.07) is 21.2. The first-order valence-corrected chi connectivity index (χ1v) is 13.0. The maximum Gasteiger partial charge on any atom is 0.290 e. The minimum absolute atomic E-state index is 0.204. The summed E-state index contributed by atoms with van der Waals surface area (Å²) in [4.78, 5) is 37.4. The van der Waals surface area contributed by atoms with Crippen LogP contribution in [0.4, 0.5) is 9.18 Å². The fourth-order valence-electron chi connectivity index (χ4n) is 4.63. The van der Waals surface area contributed by atoms with Crippen molar-refractivity contribution in [2.75, 3.05) is 6.61 Å². The molecule has 0 unspecified atom stereocenters. The number of allylic oxidation sites excluding steroid dienone is 1. The lowest BCUT2D eigenvalue weighted by atomic mass is 10.0. The predicted molar refractivity (Wildman–Crippen MR) is 149 cm³/mol. The molecule has 1 N–H and O–H groups in total. The number of aryl methyl sites for hydroxylation is 2. The molecule has 1 aromatic heterocycles. The molecule has 4 aromatic rings. The van der Waals surface area contributed by atoms with Crippen LogP contribution in [0.15, 0.2) is 82.5 Å². The van der Waals surface area contributed by atoms with Gasteiger partial charge < -0.3 is 9.30 Å². The van der Waals surface area contributed by atoms with Crippen molar-refractivity contribution in [1.29, 1.82) is 0 Å². The van der Waals surface area contributed by atoms with E-state index >= 15 is 0 Å². The zero-order valence-corrected chi connectivity index (χ0v) is 21.7. The van der Waals surface area contributed by atoms with E-state index in [2.05, 4.69) is 5.32 Å². The number of ether oxygens (including phenoxy) is 1. The van der Waals surface area contributed by atoms with Gasteiger partial charge in [-0.15, -0.1) is 0 Å². The molecule has 38 heavy (non-hydrogen) atoms. The zero-order chi connectivity index (χ0) is 26.8. The van der Waals surface area contributed by atoms with Crippen molar-refractivity contribution in [3.05, 3.63) is 105 Å². The van der Waals surface area contributed by atoms with E-state index < -0.39 is 0 Å². The van der Waals surface area contributed by atoms with E-state index in [4.69, 9.17) is 4.74 Å². The van der Waals surface area contributed by atoms with E-state index in [0.717, 1.165) is 34.0 Å². The van der Waals surface area contributed by atoms with Gasteiger partial charge in [-0.1, -0.05) is 36.4 Å². The molecule has 0 radical (unpaired) electrons. The number of fused-ring (bicyclic) bond motifs is 1. The summed E-state index contributed by atoms with van der Waals surface area (Å²) in [7, 11) is 1.87. The van der Waals surface area contributed by atoms with Crippen LogP contribution in [0.3, 0.4) is 0 Å². The highest BCUT2D eigenvalue weighted by Crippen LogP contribution is 2.32. The number of nitrogens with one attached hydrogen (secondary N) is 1. The number of thioether (sulfide) groups is 1. The third-order valence-electron chi connectivity index (χ3n) is 6.56. The molecule has 192 valence electrons. The molecule has 3 aromatic carbocycles. The molecule has 1 fully saturated rings. The molecular weight excluding hydrogens is 503 g/mol. The van der Waals surface area contributed by atoms with Crippen molar-refractivity contribution in [1.82, 2.24) is 9.88 Å². The van der Waals surface area contributed by atoms with Gasteiger partial charge in [-0.25, -0.2) is 4.39 Å². The van der Waals surface area contributed by atoms with Crippen LogP contribution in [-0.2, 0) is 18.3 Å². The second-order valence-electron chi connectivity index (χ2n) is 9.04. The van der Waals surface area contributed by atoms with Crippen molar-refractivity contribution in [2.45, 2.75) is 19.8 Å². The van der Waals surface area contributed by atoms with Crippen molar-refractivity contribution in [2.24, 2.45) is 7.05 Å². The molecule has 0 aliphatic carbocycles. The summed E-state index contributed by atoms with van der Waals surface area (Å²) in [5.74, 6) is -0.486. The van der Waals surface area contributed by atoms with Crippen LogP contribution in [0.2, 0.25) is 0 Å². The Kier molecular flexibility index (Phi) is 7.15. The topological polar surface area (TPSA) is 77.4 Å². The van der Waals surface area contributed by atoms with Crippen LogP contribution in [0, 0.1) is 5.82 Å². The molecule has 0 saturated carbocycles. The highest BCUT2D eigenvalue weighted by Gasteiger charge is 2.27. The number of benzene rings is 3. The van der Waals surface area contributed by atoms with E-state index in [1.165, 1.54) is 12.1 Å². The van der Waals surface area contributed by atoms with Gasteiger partial charge in [0.2, 0.25) is 5.43 Å². The number of amides is 2. The number of nitrogens with zero attached hydrogens (tertiary/aromatic N) is 1. The number of aromatic nitrogens is 1. The van der Waals surface area contributed by atoms with Gasteiger partial charge in [-0.2, -0.15) is 0 Å². The molecule has 1 aliphatic heterocycles. The summed E-state index contributed by atoms with van der Waals surface area (Å²) < 4.78 is 21.6. The largest absolute Gasteiger partial charge is 0.487 e. The van der Waals surface area contributed by atoms with Crippen molar-refractivity contribution in [3.63, 3.8) is 0 Å². The van der Waals surface area contributed by atoms with Crippen LogP contribution in [-0.4, -0.2) is 22.3 Å². The molecule has 6 nitrogen and oxygen atoms in total. The van der Waals surface area contributed by atoms with Gasteiger partial charge in [0, 0.05) is 18.0 Å². The van der Waals surface area contributed by atoms with Crippen molar-refractivity contribution >= 4 is 39.4 Å². The molecule has 2 heterocycles. The fraction of sp³-hybridized carbons (Fsp3) is 0.167. The molecule has 0 bridgehead atoms. The number of halogens is 1. The van der Waals surface area contributed by atoms with Crippen LogP contribution < -0.4 is 15.5 Å². The van der Waals surface area contributed by atoms with Crippen LogP contribution in [0.5, 0.6) is 5.75 Å². The Morgan fingerprint density at radius 2 is 1.76 bits per heavy atom. The van der Waals surface area contributed by atoms with Gasteiger partial charge in [-0.3, -0.25) is 19.7 Å². The quantitative estimate of drug-likeness (QED) is 0.233. The smallest absolute Gasteiger partial charge is 0.290 e. The standard InChI is InChI=1S/C30H25FN2O4S/c1-18(28-29(35)32-30(36)38-28)21-9-5-7-19(17-21)8-6-16-37-27-25(20-12-14-22(31)15-13-20)33(2)24-11-4-3-10-23(24)26(27)34/h3-5,7,9-15,17H,6,8,16H2,1-2H3,(H,32,35,36). The number of imide groups is 1. The summed E-state index contributed by atoms with van der Waals surface area (Å²) in [6.07, 6.45) is 1.33. The summed E-state index contributed by atoms with van der Waals surface area (Å²) in [5.41, 5.74) is 4.52. The van der Waals surface area contributed by atoms with Gasteiger partial charge in [0.05, 0.1) is 22.7 Å². The summed E-state index contributed by atoms with van der Waals surface area (Å²) >= 11 is 0.913. The average molecular weight is 529 g/mol. The third kappa shape index (κ3) is 4.99. The highest BCUT2D eigenvalue weighted by atomic mass is 32.2. The monoisotopic (exact) mass is 528 g/mol. The Bertz CT molecular complexity index is 1660. The lowest BCUT2D eigenvalue weighted by Crippen LogP contribution is -2.18. The lowest BCUT2D eigenvalue weighted by molar-refractivity contribution is -0.115. The molecule has 8 heteroatoms. The Hall–Kier alpha value is -4.17. The van der Waals surface area contributed by atoms with Gasteiger partial charge in [-0.05, 0) is 84.6 Å². The minimum Gasteiger partial charge on any atom is -0.487 e. The van der Waals surface area contributed by atoms with Crippen LogP contribution in [0.1, 0.15) is 24.5 Å². The molecule has 0 atom stereocenters. The average Bonchev–Trinajstić information content (AvgIpc) is 3.27. The molecule has 2 amide bonds. The van der Waals surface area contributed by atoms with Gasteiger partial charge in [0.15, 0.2) is 5.75 Å². The number of para-hydroxylation sites is 1. The van der Waals surface area contributed by atoms with E-state index in [1.54, 1.807) is 18.2 Å². The summed E-state index contributed by atoms with van der Waals surface area (Å²) in [5, 5.41) is 2.48. The highest BCUT2D eigenvalue weighted by molar-refractivity contribution is 8.18. The number of pyridine rings is 1. The van der Waals surface area contributed by atoms with Gasteiger partial charge in [0.1, 0.15) is 5.82 Å². The number of hydrogen-bond acceptors (Lipinski definition) is 5. The lowest BCUT2D eigenvalue weighted by Gasteiger charge is -2.18. The number of rotatable bonds is 7. The fourth-order valence-corrected chi connectivity index (χ4v) is 5.37. The Labute approximate surface area is 223 Å². The molecule has 1 aliphatic rings.